The summed E-state index contributed by atoms with van der Waals surface area (Å²) in [6, 6.07) is 13.0. The minimum atomic E-state index is -0.354. The Balaban J connectivity index is 1.39. The molecule has 1 fully saturated rings. The van der Waals surface area contributed by atoms with E-state index in [-0.39, 0.29) is 30.0 Å². The molecule has 0 aliphatic carbocycles. The van der Waals surface area contributed by atoms with E-state index in [1.807, 2.05) is 12.1 Å². The molecule has 1 N–H and O–H groups in total. The van der Waals surface area contributed by atoms with Crippen molar-refractivity contribution in [2.75, 3.05) is 16.8 Å². The second-order valence-corrected chi connectivity index (χ2v) is 8.09. The molecule has 1 aliphatic rings. The molecule has 1 unspecified atom stereocenters. The minimum Gasteiger partial charge on any atom is -0.312 e. The van der Waals surface area contributed by atoms with Crippen molar-refractivity contribution >= 4 is 51.6 Å². The van der Waals surface area contributed by atoms with Gasteiger partial charge >= 0.3 is 0 Å². The van der Waals surface area contributed by atoms with Gasteiger partial charge in [-0.25, -0.2) is 4.39 Å². The van der Waals surface area contributed by atoms with Crippen molar-refractivity contribution in [3.05, 3.63) is 76.0 Å². The van der Waals surface area contributed by atoms with E-state index in [0.717, 1.165) is 5.56 Å². The summed E-state index contributed by atoms with van der Waals surface area (Å²) in [6.07, 6.45) is 3.28. The summed E-state index contributed by atoms with van der Waals surface area (Å²) >= 11 is 7.30. The number of hydrogen-bond donors (Lipinski definition) is 1. The summed E-state index contributed by atoms with van der Waals surface area (Å²) in [7, 11) is 0. The first kappa shape index (κ1) is 20.2. The summed E-state index contributed by atoms with van der Waals surface area (Å²) in [5.74, 6) is -0.900. The average molecular weight is 443 g/mol. The zero-order valence-electron chi connectivity index (χ0n) is 15.6. The third-order valence-electron chi connectivity index (χ3n) is 4.60. The number of nitrogens with one attached hydrogen (secondary N) is 1. The van der Waals surface area contributed by atoms with E-state index in [1.54, 1.807) is 35.2 Å². The van der Waals surface area contributed by atoms with Gasteiger partial charge in [0.25, 0.3) is 0 Å². The molecule has 2 amide bonds. The zero-order chi connectivity index (χ0) is 21.1. The first-order valence-electron chi connectivity index (χ1n) is 9.12. The van der Waals surface area contributed by atoms with E-state index in [2.05, 4.69) is 15.5 Å². The van der Waals surface area contributed by atoms with Crippen LogP contribution in [0.5, 0.6) is 0 Å². The number of benzene rings is 2. The predicted molar refractivity (Wildman–Crippen MR) is 115 cm³/mol. The maximum absolute atomic E-state index is 13.1. The highest BCUT2D eigenvalue weighted by Gasteiger charge is 2.33. The fraction of sp³-hybridized carbons (Fsp3) is 0.143. The van der Waals surface area contributed by atoms with Crippen LogP contribution < -0.4 is 10.2 Å². The first-order chi connectivity index (χ1) is 14.5. The summed E-state index contributed by atoms with van der Waals surface area (Å²) in [4.78, 5) is 26.1. The van der Waals surface area contributed by atoms with Gasteiger partial charge in [0.15, 0.2) is 0 Å². The Morgan fingerprint density at radius 1 is 1.20 bits per heavy atom. The number of nitrogens with zero attached hydrogens (tertiary/aromatic N) is 3. The SMILES string of the molecule is O=C(/C=C/c1ccccc1Cl)Nc1nnc(C2CC(=O)N(c3ccc(F)cc3)C2)s1. The number of amides is 2. The molecule has 0 radical (unpaired) electrons. The molecule has 0 saturated carbocycles. The predicted octanol–water partition coefficient (Wildman–Crippen LogP) is 4.50. The molecule has 1 aliphatic heterocycles. The topological polar surface area (TPSA) is 75.2 Å². The summed E-state index contributed by atoms with van der Waals surface area (Å²) < 4.78 is 13.1. The van der Waals surface area contributed by atoms with Crippen LogP contribution in [0.25, 0.3) is 6.08 Å². The van der Waals surface area contributed by atoms with Crippen molar-refractivity contribution in [1.29, 1.82) is 0 Å². The number of hydrogen-bond acceptors (Lipinski definition) is 5. The second-order valence-electron chi connectivity index (χ2n) is 6.67. The van der Waals surface area contributed by atoms with E-state index in [9.17, 15) is 14.0 Å². The highest BCUT2D eigenvalue weighted by molar-refractivity contribution is 7.15. The normalized spacial score (nSPS) is 16.4. The summed E-state index contributed by atoms with van der Waals surface area (Å²) in [5.41, 5.74) is 1.38. The third-order valence-corrected chi connectivity index (χ3v) is 5.95. The monoisotopic (exact) mass is 442 g/mol. The van der Waals surface area contributed by atoms with E-state index in [1.165, 1.54) is 29.5 Å². The summed E-state index contributed by atoms with van der Waals surface area (Å²) in [6.45, 7) is 0.430. The molecule has 152 valence electrons. The molecule has 0 spiro atoms. The van der Waals surface area contributed by atoms with Crippen molar-refractivity contribution in [3.63, 3.8) is 0 Å². The van der Waals surface area contributed by atoms with E-state index >= 15 is 0 Å². The molecule has 6 nitrogen and oxygen atoms in total. The smallest absolute Gasteiger partial charge is 0.250 e. The van der Waals surface area contributed by atoms with Gasteiger partial charge in [-0.05, 0) is 42.0 Å². The highest BCUT2D eigenvalue weighted by Crippen LogP contribution is 2.34. The van der Waals surface area contributed by atoms with Crippen LogP contribution in [0.1, 0.15) is 22.9 Å². The Labute approximate surface area is 181 Å². The van der Waals surface area contributed by atoms with E-state index < -0.39 is 0 Å². The number of aromatic nitrogens is 2. The number of rotatable bonds is 5. The van der Waals surface area contributed by atoms with Gasteiger partial charge in [-0.15, -0.1) is 10.2 Å². The third kappa shape index (κ3) is 4.55. The number of carbonyl (C=O) groups excluding carboxylic acids is 2. The van der Waals surface area contributed by atoms with Crippen molar-refractivity contribution in [1.82, 2.24) is 10.2 Å². The van der Waals surface area contributed by atoms with Gasteiger partial charge < -0.3 is 4.90 Å². The lowest BCUT2D eigenvalue weighted by Crippen LogP contribution is -2.24. The van der Waals surface area contributed by atoms with Crippen LogP contribution in [0.2, 0.25) is 5.02 Å². The van der Waals surface area contributed by atoms with Gasteiger partial charge in [-0.3, -0.25) is 14.9 Å². The Bertz CT molecular complexity index is 1120. The van der Waals surface area contributed by atoms with Crippen LogP contribution in [0, 0.1) is 5.82 Å². The van der Waals surface area contributed by atoms with E-state index in [0.29, 0.717) is 27.4 Å². The minimum absolute atomic E-state index is 0.0601. The molecule has 0 bridgehead atoms. The maximum Gasteiger partial charge on any atom is 0.250 e. The van der Waals surface area contributed by atoms with Gasteiger partial charge in [-0.1, -0.05) is 41.1 Å². The Hall–Kier alpha value is -3.10. The number of halogens is 2. The lowest BCUT2D eigenvalue weighted by atomic mass is 10.1. The molecule has 1 saturated heterocycles. The second kappa shape index (κ2) is 8.73. The highest BCUT2D eigenvalue weighted by atomic mass is 35.5. The van der Waals surface area contributed by atoms with Crippen molar-refractivity contribution in [3.8, 4) is 0 Å². The van der Waals surface area contributed by atoms with Crippen LogP contribution >= 0.6 is 22.9 Å². The molecule has 2 heterocycles. The molecule has 1 aromatic heterocycles. The van der Waals surface area contributed by atoms with Crippen LogP contribution in [0.4, 0.5) is 15.2 Å². The van der Waals surface area contributed by atoms with Crippen LogP contribution in [-0.4, -0.2) is 28.6 Å². The quantitative estimate of drug-likeness (QED) is 0.590. The lowest BCUT2D eigenvalue weighted by molar-refractivity contribution is -0.117. The molecule has 4 rings (SSSR count). The molecule has 3 aromatic rings. The van der Waals surface area contributed by atoms with Crippen molar-refractivity contribution in [2.45, 2.75) is 12.3 Å². The van der Waals surface area contributed by atoms with Gasteiger partial charge in [0.1, 0.15) is 10.8 Å². The van der Waals surface area contributed by atoms with Crippen LogP contribution in [0.3, 0.4) is 0 Å². The largest absolute Gasteiger partial charge is 0.312 e. The molecular formula is C21H16ClFN4O2S. The Morgan fingerprint density at radius 3 is 2.73 bits per heavy atom. The number of carbonyl (C=O) groups is 2. The standard InChI is InChI=1S/C21H16ClFN4O2S/c22-17-4-2-1-3-13(17)5-10-18(28)24-21-26-25-20(30-21)14-11-19(29)27(12-14)16-8-6-15(23)7-9-16/h1-10,14H,11-12H2,(H,24,26,28)/b10-5+. The fourth-order valence-electron chi connectivity index (χ4n) is 3.12. The van der Waals surface area contributed by atoms with Crippen LogP contribution in [-0.2, 0) is 9.59 Å². The van der Waals surface area contributed by atoms with Gasteiger partial charge in [0.2, 0.25) is 16.9 Å². The van der Waals surface area contributed by atoms with Gasteiger partial charge in [0.05, 0.1) is 0 Å². The first-order valence-corrected chi connectivity index (χ1v) is 10.3. The Kier molecular flexibility index (Phi) is 5.87. The molecule has 9 heteroatoms. The van der Waals surface area contributed by atoms with Gasteiger partial charge in [-0.2, -0.15) is 0 Å². The molecule has 30 heavy (non-hydrogen) atoms. The Morgan fingerprint density at radius 2 is 1.97 bits per heavy atom. The van der Waals surface area contributed by atoms with E-state index in [4.69, 9.17) is 11.6 Å². The molecule has 1 atom stereocenters. The fourth-order valence-corrected chi connectivity index (χ4v) is 4.15. The van der Waals surface area contributed by atoms with Crippen LogP contribution in [0.15, 0.2) is 54.6 Å². The zero-order valence-corrected chi connectivity index (χ0v) is 17.2. The maximum atomic E-state index is 13.1. The number of anilines is 2. The van der Waals surface area contributed by atoms with Gasteiger partial charge in [0, 0.05) is 35.7 Å². The molecular weight excluding hydrogens is 427 g/mol. The van der Waals surface area contributed by atoms with Crippen molar-refractivity contribution < 1.29 is 14.0 Å². The lowest BCUT2D eigenvalue weighted by Gasteiger charge is -2.16. The molecule has 2 aromatic carbocycles. The van der Waals surface area contributed by atoms with Crippen molar-refractivity contribution in [2.24, 2.45) is 0 Å². The average Bonchev–Trinajstić information content (AvgIpc) is 3.34. The summed E-state index contributed by atoms with van der Waals surface area (Å²) in [5, 5.41) is 12.4.